The van der Waals surface area contributed by atoms with Gasteiger partial charge in [0.25, 0.3) is 0 Å². The van der Waals surface area contributed by atoms with Gasteiger partial charge in [0.15, 0.2) is 10.4 Å². The molecule has 0 aliphatic heterocycles. The number of H-pyrrole nitrogens is 1. The number of aryl methyl sites for hydroxylation is 3. The van der Waals surface area contributed by atoms with Gasteiger partial charge in [0.2, 0.25) is 0 Å². The first-order chi connectivity index (χ1) is 7.79. The second-order valence-corrected chi connectivity index (χ2v) is 6.77. The predicted octanol–water partition coefficient (Wildman–Crippen LogP) is 0.785. The fourth-order valence-corrected chi connectivity index (χ4v) is 2.63. The molecule has 0 aromatic carbocycles. The van der Waals surface area contributed by atoms with Crippen LogP contribution in [-0.4, -0.2) is 39.8 Å². The number of hydrogen-bond acceptors (Lipinski definition) is 4. The molecule has 0 spiro atoms. The maximum atomic E-state index is 11.2. The lowest BCUT2D eigenvalue weighted by Crippen LogP contribution is -2.12. The first-order valence-corrected chi connectivity index (χ1v) is 7.56. The molecule has 0 saturated carbocycles. The van der Waals surface area contributed by atoms with E-state index in [4.69, 9.17) is 12.2 Å². The van der Waals surface area contributed by atoms with Gasteiger partial charge in [-0.25, -0.2) is 8.42 Å². The number of imidazole rings is 1. The number of rotatable bonds is 3. The van der Waals surface area contributed by atoms with Crippen molar-refractivity contribution < 1.29 is 8.42 Å². The summed E-state index contributed by atoms with van der Waals surface area (Å²) in [6, 6.07) is 0. The number of aromatic nitrogens is 4. The van der Waals surface area contributed by atoms with Gasteiger partial charge < -0.3 is 9.55 Å². The highest BCUT2D eigenvalue weighted by atomic mass is 32.2. The summed E-state index contributed by atoms with van der Waals surface area (Å²) in [4.78, 5) is 3.05. The van der Waals surface area contributed by atoms with Crippen LogP contribution >= 0.6 is 12.2 Å². The molecular weight excluding hydrogens is 260 g/mol. The van der Waals surface area contributed by atoms with E-state index >= 15 is 0 Å². The number of aromatic amines is 1. The Hall–Kier alpha value is -1.15. The van der Waals surface area contributed by atoms with Crippen LogP contribution in [0.1, 0.15) is 5.69 Å². The predicted molar refractivity (Wildman–Crippen MR) is 68.3 cm³/mol. The Bertz CT molecular complexity index is 720. The lowest BCUT2D eigenvalue weighted by atomic mass is 10.4. The minimum atomic E-state index is -3.00. The summed E-state index contributed by atoms with van der Waals surface area (Å²) in [6.45, 7) is 2.23. The van der Waals surface area contributed by atoms with Crippen molar-refractivity contribution >= 4 is 33.2 Å². The Morgan fingerprint density at radius 1 is 1.47 bits per heavy atom. The Balaban J connectivity index is 2.53. The highest BCUT2D eigenvalue weighted by molar-refractivity contribution is 7.90. The molecule has 8 heteroatoms. The molecule has 0 atom stereocenters. The number of nitrogens with one attached hydrogen (secondary N) is 1. The fraction of sp³-hybridized carbons (Fsp3) is 0.556. The van der Waals surface area contributed by atoms with Crippen molar-refractivity contribution in [3.05, 3.63) is 10.5 Å². The number of sulfone groups is 1. The molecule has 17 heavy (non-hydrogen) atoms. The molecule has 94 valence electrons. The van der Waals surface area contributed by atoms with Crippen LogP contribution < -0.4 is 0 Å². The van der Waals surface area contributed by atoms with Gasteiger partial charge in [0, 0.05) is 19.8 Å². The average molecular weight is 274 g/mol. The molecule has 2 aromatic heterocycles. The smallest absolute Gasteiger partial charge is 0.179 e. The quantitative estimate of drug-likeness (QED) is 0.840. The molecule has 0 amide bonds. The Morgan fingerprint density at radius 3 is 2.71 bits per heavy atom. The van der Waals surface area contributed by atoms with Gasteiger partial charge in [-0.15, -0.1) is 0 Å². The highest BCUT2D eigenvalue weighted by Crippen LogP contribution is 2.16. The third-order valence-electron chi connectivity index (χ3n) is 2.61. The van der Waals surface area contributed by atoms with Crippen molar-refractivity contribution in [2.45, 2.75) is 13.5 Å². The summed E-state index contributed by atoms with van der Waals surface area (Å²) in [5.41, 5.74) is 2.55. The van der Waals surface area contributed by atoms with Crippen molar-refractivity contribution in [2.75, 3.05) is 12.0 Å². The molecule has 1 N–H and O–H groups in total. The molecule has 6 nitrogen and oxygen atoms in total. The monoisotopic (exact) mass is 274 g/mol. The van der Waals surface area contributed by atoms with E-state index in [0.29, 0.717) is 11.3 Å². The number of fused-ring (bicyclic) bond motifs is 1. The highest BCUT2D eigenvalue weighted by Gasteiger charge is 2.13. The average Bonchev–Trinajstić information content (AvgIpc) is 2.62. The molecule has 0 aliphatic carbocycles. The Morgan fingerprint density at radius 2 is 2.12 bits per heavy atom. The first-order valence-electron chi connectivity index (χ1n) is 5.09. The minimum absolute atomic E-state index is 0.0679. The molecule has 0 bridgehead atoms. The maximum absolute atomic E-state index is 11.2. The standard InChI is InChI=1S/C9H14N4O2S2/c1-6-7-8(12(2)11-6)13(9(16)10-7)4-5-17(3,14)15/h4-5H2,1-3H3,(H,10,16). The first kappa shape index (κ1) is 12.3. The topological polar surface area (TPSA) is 72.7 Å². The zero-order valence-electron chi connectivity index (χ0n) is 9.89. The summed E-state index contributed by atoms with van der Waals surface area (Å²) in [7, 11) is -1.19. The summed E-state index contributed by atoms with van der Waals surface area (Å²) < 4.78 is 26.4. The van der Waals surface area contributed by atoms with Crippen LogP contribution in [0.2, 0.25) is 0 Å². The molecule has 0 fully saturated rings. The summed E-state index contributed by atoms with van der Waals surface area (Å²) in [6.07, 6.45) is 1.22. The zero-order valence-corrected chi connectivity index (χ0v) is 11.5. The Labute approximate surface area is 104 Å². The van der Waals surface area contributed by atoms with Crippen molar-refractivity contribution in [2.24, 2.45) is 7.05 Å². The van der Waals surface area contributed by atoms with E-state index in [-0.39, 0.29) is 5.75 Å². The van der Waals surface area contributed by atoms with E-state index in [1.54, 1.807) is 9.25 Å². The van der Waals surface area contributed by atoms with E-state index in [1.165, 1.54) is 6.26 Å². The van der Waals surface area contributed by atoms with Gasteiger partial charge in [-0.3, -0.25) is 4.68 Å². The minimum Gasteiger partial charge on any atom is -0.328 e. The van der Waals surface area contributed by atoms with Gasteiger partial charge in [-0.05, 0) is 19.1 Å². The van der Waals surface area contributed by atoms with E-state index in [1.807, 2.05) is 14.0 Å². The number of nitrogens with zero attached hydrogens (tertiary/aromatic N) is 3. The largest absolute Gasteiger partial charge is 0.328 e. The molecule has 2 aromatic rings. The third-order valence-corrected chi connectivity index (χ3v) is 3.86. The van der Waals surface area contributed by atoms with Crippen molar-refractivity contribution in [1.29, 1.82) is 0 Å². The fourth-order valence-electron chi connectivity index (χ4n) is 1.84. The van der Waals surface area contributed by atoms with Crippen molar-refractivity contribution in [3.8, 4) is 0 Å². The van der Waals surface area contributed by atoms with Crippen LogP contribution in [0.5, 0.6) is 0 Å². The summed E-state index contributed by atoms with van der Waals surface area (Å²) in [5.74, 6) is 0.0679. The second-order valence-electron chi connectivity index (χ2n) is 4.12. The molecule has 2 heterocycles. The maximum Gasteiger partial charge on any atom is 0.179 e. The van der Waals surface area contributed by atoms with Crippen LogP contribution in [0, 0.1) is 11.7 Å². The van der Waals surface area contributed by atoms with Crippen LogP contribution in [0.25, 0.3) is 11.2 Å². The Kier molecular flexibility index (Phi) is 2.86. The molecule has 0 saturated heterocycles. The molecule has 0 radical (unpaired) electrons. The van der Waals surface area contributed by atoms with E-state index < -0.39 is 9.84 Å². The molecule has 0 aliphatic rings. The summed E-state index contributed by atoms with van der Waals surface area (Å²) >= 11 is 5.19. The zero-order chi connectivity index (χ0) is 12.8. The van der Waals surface area contributed by atoms with Crippen molar-refractivity contribution in [1.82, 2.24) is 19.3 Å². The van der Waals surface area contributed by atoms with Crippen molar-refractivity contribution in [3.63, 3.8) is 0 Å². The third kappa shape index (κ3) is 2.27. The normalized spacial score (nSPS) is 12.4. The van der Waals surface area contributed by atoms with Crippen LogP contribution in [0.15, 0.2) is 0 Å². The van der Waals surface area contributed by atoms with Gasteiger partial charge in [0.1, 0.15) is 15.4 Å². The van der Waals surface area contributed by atoms with Crippen LogP contribution in [0.4, 0.5) is 0 Å². The number of hydrogen-bond donors (Lipinski definition) is 1. The molecular formula is C9H14N4O2S2. The van der Waals surface area contributed by atoms with Crippen LogP contribution in [-0.2, 0) is 23.4 Å². The lowest BCUT2D eigenvalue weighted by molar-refractivity contribution is 0.593. The molecule has 0 unspecified atom stereocenters. The molecule has 2 rings (SSSR count). The summed E-state index contributed by atoms with van der Waals surface area (Å²) in [5, 5.41) is 4.27. The van der Waals surface area contributed by atoms with Gasteiger partial charge in [-0.2, -0.15) is 5.10 Å². The van der Waals surface area contributed by atoms with E-state index in [0.717, 1.165) is 16.9 Å². The second kappa shape index (κ2) is 3.95. The SMILES string of the molecule is Cc1nn(C)c2c1[nH]c(=S)n2CCS(C)(=O)=O. The lowest BCUT2D eigenvalue weighted by Gasteiger charge is -2.03. The van der Waals surface area contributed by atoms with Gasteiger partial charge in [0.05, 0.1) is 11.4 Å². The van der Waals surface area contributed by atoms with Crippen LogP contribution in [0.3, 0.4) is 0 Å². The van der Waals surface area contributed by atoms with E-state index in [9.17, 15) is 8.42 Å². The van der Waals surface area contributed by atoms with E-state index in [2.05, 4.69) is 10.1 Å². The van der Waals surface area contributed by atoms with Gasteiger partial charge in [-0.1, -0.05) is 0 Å². The van der Waals surface area contributed by atoms with Gasteiger partial charge >= 0.3 is 0 Å².